The first kappa shape index (κ1) is 14.5. The Morgan fingerprint density at radius 3 is 2.39 bits per heavy atom. The predicted octanol–water partition coefficient (Wildman–Crippen LogP) is 0.323. The summed E-state index contributed by atoms with van der Waals surface area (Å²) in [5.41, 5.74) is 4.90. The van der Waals surface area contributed by atoms with Gasteiger partial charge in [-0.05, 0) is 17.7 Å². The second-order valence-corrected chi connectivity index (χ2v) is 5.78. The molecule has 0 bridgehead atoms. The second kappa shape index (κ2) is 4.99. The first-order valence-electron chi connectivity index (χ1n) is 4.79. The lowest BCUT2D eigenvalue weighted by Gasteiger charge is -2.09. The molecule has 0 fully saturated rings. The summed E-state index contributed by atoms with van der Waals surface area (Å²) in [6.07, 6.45) is 0.315. The van der Waals surface area contributed by atoms with Crippen LogP contribution < -0.4 is 5.73 Å². The number of hydrogen-bond acceptors (Lipinski definition) is 4. The molecule has 100 valence electrons. The van der Waals surface area contributed by atoms with Crippen molar-refractivity contribution in [3.63, 3.8) is 0 Å². The van der Waals surface area contributed by atoms with Crippen molar-refractivity contribution in [1.29, 1.82) is 0 Å². The Bertz CT molecular complexity index is 586. The molecule has 1 unspecified atom stereocenters. The molecule has 1 aromatic carbocycles. The van der Waals surface area contributed by atoms with Gasteiger partial charge in [-0.25, -0.2) is 17.2 Å². The Kier molecular flexibility index (Phi) is 4.02. The first-order valence-corrected chi connectivity index (χ1v) is 6.68. The van der Waals surface area contributed by atoms with E-state index in [4.69, 9.17) is 10.8 Å². The van der Waals surface area contributed by atoms with Crippen molar-refractivity contribution in [3.05, 3.63) is 29.3 Å². The average molecular weight is 279 g/mol. The predicted molar refractivity (Wildman–Crippen MR) is 58.8 cm³/mol. The van der Waals surface area contributed by atoms with E-state index in [-0.39, 0.29) is 5.56 Å². The summed E-state index contributed by atoms with van der Waals surface area (Å²) >= 11 is 0. The summed E-state index contributed by atoms with van der Waals surface area (Å²) in [5, 5.41) is 8.55. The number of rotatable bonds is 4. The van der Waals surface area contributed by atoms with Crippen molar-refractivity contribution < 1.29 is 27.1 Å². The molecule has 1 rings (SSSR count). The molecule has 0 aliphatic heterocycles. The number of halogens is 2. The number of carboxylic acid groups (broad SMARTS) is 1. The van der Waals surface area contributed by atoms with Gasteiger partial charge in [0.15, 0.2) is 9.84 Å². The first-order chi connectivity index (χ1) is 8.12. The maximum absolute atomic E-state index is 13.5. The molecule has 18 heavy (non-hydrogen) atoms. The maximum Gasteiger partial charge on any atom is 0.320 e. The zero-order valence-corrected chi connectivity index (χ0v) is 10.2. The molecular weight excluding hydrogens is 268 g/mol. The molecule has 5 nitrogen and oxygen atoms in total. The van der Waals surface area contributed by atoms with Crippen molar-refractivity contribution in [1.82, 2.24) is 0 Å². The van der Waals surface area contributed by atoms with E-state index in [0.717, 1.165) is 6.26 Å². The van der Waals surface area contributed by atoms with Crippen molar-refractivity contribution in [3.8, 4) is 0 Å². The molecule has 0 aliphatic carbocycles. The van der Waals surface area contributed by atoms with Crippen LogP contribution in [0.4, 0.5) is 8.78 Å². The monoisotopic (exact) mass is 279 g/mol. The third-order valence-electron chi connectivity index (χ3n) is 2.26. The van der Waals surface area contributed by atoms with Crippen LogP contribution in [0.1, 0.15) is 5.56 Å². The summed E-state index contributed by atoms with van der Waals surface area (Å²) in [7, 11) is -3.88. The summed E-state index contributed by atoms with van der Waals surface area (Å²) in [5.74, 6) is -3.50. The Balaban J connectivity index is 3.20. The van der Waals surface area contributed by atoms with Crippen LogP contribution in [-0.4, -0.2) is 31.8 Å². The lowest BCUT2D eigenvalue weighted by molar-refractivity contribution is -0.138. The third kappa shape index (κ3) is 3.23. The lowest BCUT2D eigenvalue weighted by Crippen LogP contribution is -2.32. The molecule has 0 spiro atoms. The van der Waals surface area contributed by atoms with E-state index < -0.39 is 44.8 Å². The highest BCUT2D eigenvalue weighted by atomic mass is 32.2. The number of carboxylic acids is 1. The van der Waals surface area contributed by atoms with Crippen molar-refractivity contribution in [2.45, 2.75) is 17.4 Å². The van der Waals surface area contributed by atoms with Gasteiger partial charge < -0.3 is 10.8 Å². The number of aliphatic carboxylic acids is 1. The molecule has 1 aromatic rings. The molecule has 0 aliphatic rings. The highest BCUT2D eigenvalue weighted by Crippen LogP contribution is 2.20. The van der Waals surface area contributed by atoms with E-state index in [1.807, 2.05) is 0 Å². The summed E-state index contributed by atoms with van der Waals surface area (Å²) < 4.78 is 49.2. The lowest BCUT2D eigenvalue weighted by atomic mass is 10.1. The van der Waals surface area contributed by atoms with Gasteiger partial charge >= 0.3 is 5.97 Å². The number of nitrogens with two attached hydrogens (primary N) is 1. The molecule has 0 heterocycles. The van der Waals surface area contributed by atoms with Gasteiger partial charge in [0.1, 0.15) is 22.6 Å². The van der Waals surface area contributed by atoms with Gasteiger partial charge in [0.25, 0.3) is 0 Å². The van der Waals surface area contributed by atoms with Crippen molar-refractivity contribution in [2.75, 3.05) is 6.26 Å². The van der Waals surface area contributed by atoms with Crippen LogP contribution in [0.2, 0.25) is 0 Å². The van der Waals surface area contributed by atoms with Crippen LogP contribution in [0.15, 0.2) is 17.0 Å². The number of sulfone groups is 1. The molecule has 3 N–H and O–H groups in total. The Labute approximate surface area is 102 Å². The van der Waals surface area contributed by atoms with Crippen LogP contribution in [0, 0.1) is 11.6 Å². The maximum atomic E-state index is 13.5. The van der Waals surface area contributed by atoms with Gasteiger partial charge in [-0.15, -0.1) is 0 Å². The fourth-order valence-corrected chi connectivity index (χ4v) is 2.07. The zero-order valence-electron chi connectivity index (χ0n) is 9.35. The van der Waals surface area contributed by atoms with Gasteiger partial charge in [0.2, 0.25) is 0 Å². The summed E-state index contributed by atoms with van der Waals surface area (Å²) in [4.78, 5) is 9.72. The number of carbonyl (C=O) groups is 1. The minimum Gasteiger partial charge on any atom is -0.480 e. The number of hydrogen-bond donors (Lipinski definition) is 2. The molecular formula is C10H11F2NO4S. The fraction of sp³-hybridized carbons (Fsp3) is 0.300. The smallest absolute Gasteiger partial charge is 0.320 e. The van der Waals surface area contributed by atoms with Crippen LogP contribution in [0.5, 0.6) is 0 Å². The highest BCUT2D eigenvalue weighted by Gasteiger charge is 2.20. The van der Waals surface area contributed by atoms with E-state index in [2.05, 4.69) is 0 Å². The van der Waals surface area contributed by atoms with Crippen LogP contribution in [0.25, 0.3) is 0 Å². The van der Waals surface area contributed by atoms with Crippen LogP contribution in [0.3, 0.4) is 0 Å². The normalized spacial score (nSPS) is 13.3. The zero-order chi connectivity index (χ0) is 14.1. The van der Waals surface area contributed by atoms with E-state index in [1.165, 1.54) is 0 Å². The largest absolute Gasteiger partial charge is 0.480 e. The van der Waals surface area contributed by atoms with Gasteiger partial charge in [0, 0.05) is 12.7 Å². The van der Waals surface area contributed by atoms with E-state index in [9.17, 15) is 22.0 Å². The molecule has 0 amide bonds. The van der Waals surface area contributed by atoms with E-state index in [0.29, 0.717) is 12.1 Å². The molecule has 0 radical (unpaired) electrons. The summed E-state index contributed by atoms with van der Waals surface area (Å²) in [6.45, 7) is 0. The summed E-state index contributed by atoms with van der Waals surface area (Å²) in [6, 6.07) is -0.216. The van der Waals surface area contributed by atoms with Crippen molar-refractivity contribution in [2.24, 2.45) is 5.73 Å². The second-order valence-electron chi connectivity index (χ2n) is 3.80. The molecule has 0 saturated heterocycles. The molecule has 0 aromatic heterocycles. The van der Waals surface area contributed by atoms with Gasteiger partial charge in [-0.1, -0.05) is 0 Å². The standard InChI is InChI=1S/C10H11F2NO4S/c1-18(16,17)9-4-6(11)5(2-7(9)12)3-8(13)10(14)15/h2,4,8H,3,13H2,1H3,(H,14,15). The Morgan fingerprint density at radius 1 is 1.39 bits per heavy atom. The van der Waals surface area contributed by atoms with Crippen LogP contribution >= 0.6 is 0 Å². The van der Waals surface area contributed by atoms with Crippen LogP contribution in [-0.2, 0) is 21.1 Å². The Morgan fingerprint density at radius 2 is 1.94 bits per heavy atom. The Hall–Kier alpha value is -1.54. The van der Waals surface area contributed by atoms with Gasteiger partial charge in [-0.3, -0.25) is 4.79 Å². The topological polar surface area (TPSA) is 97.5 Å². The molecule has 1 atom stereocenters. The average Bonchev–Trinajstić information content (AvgIpc) is 2.20. The van der Waals surface area contributed by atoms with E-state index >= 15 is 0 Å². The van der Waals surface area contributed by atoms with Gasteiger partial charge in [0.05, 0.1) is 0 Å². The number of benzene rings is 1. The molecule has 0 saturated carbocycles. The third-order valence-corrected chi connectivity index (χ3v) is 3.37. The molecule has 8 heteroatoms. The van der Waals surface area contributed by atoms with Gasteiger partial charge in [-0.2, -0.15) is 0 Å². The quantitative estimate of drug-likeness (QED) is 0.827. The minimum atomic E-state index is -3.88. The fourth-order valence-electron chi connectivity index (χ4n) is 1.33. The van der Waals surface area contributed by atoms with Crippen molar-refractivity contribution >= 4 is 15.8 Å². The minimum absolute atomic E-state index is 0.283. The SMILES string of the molecule is CS(=O)(=O)c1cc(F)c(CC(N)C(=O)O)cc1F. The van der Waals surface area contributed by atoms with E-state index in [1.54, 1.807) is 0 Å². The highest BCUT2D eigenvalue weighted by molar-refractivity contribution is 7.90.